The number of hydrogen-bond donors (Lipinski definition) is 1. The minimum absolute atomic E-state index is 0.150. The van der Waals surface area contributed by atoms with Gasteiger partial charge in [-0.15, -0.1) is 0 Å². The Labute approximate surface area is 183 Å². The average molecular weight is 447 g/mol. The lowest BCUT2D eigenvalue weighted by Gasteiger charge is -2.34. The number of hydrogen-bond acceptors (Lipinski definition) is 6. The monoisotopic (exact) mass is 446 g/mol. The second-order valence-corrected chi connectivity index (χ2v) is 10.4. The van der Waals surface area contributed by atoms with Crippen LogP contribution in [-0.2, 0) is 17.1 Å². The van der Waals surface area contributed by atoms with Gasteiger partial charge < -0.3 is 5.32 Å². The third-order valence-electron chi connectivity index (χ3n) is 6.18. The molecular formula is C21H30N6O3S. The van der Waals surface area contributed by atoms with E-state index in [1.165, 1.54) is 27.8 Å². The number of nitrogens with zero attached hydrogens (tertiary/aromatic N) is 5. The van der Waals surface area contributed by atoms with Gasteiger partial charge in [0, 0.05) is 32.0 Å². The summed E-state index contributed by atoms with van der Waals surface area (Å²) in [5.74, 6) is 0.305. The summed E-state index contributed by atoms with van der Waals surface area (Å²) < 4.78 is 29.7. The van der Waals surface area contributed by atoms with E-state index >= 15 is 0 Å². The summed E-state index contributed by atoms with van der Waals surface area (Å²) in [6, 6.07) is -0.357. The maximum absolute atomic E-state index is 13.4. The van der Waals surface area contributed by atoms with Crippen LogP contribution in [0.2, 0.25) is 0 Å². The van der Waals surface area contributed by atoms with Crippen LogP contribution in [0, 0.1) is 6.92 Å². The Hall–Kier alpha value is -2.33. The standard InChI is InChI=1S/C21H30N6O3S/c1-15-22-13-18(21(28)25-16-8-4-3-5-9-16)20(24-15)19-10-6-7-11-27(19)31(29,30)17-12-23-26(2)14-17/h12-14,16,19H,3-11H2,1-2H3,(H,25,28)/t19-/m1/s1. The SMILES string of the molecule is Cc1ncc(C(=O)NC2CCCCC2)c([C@H]2CCCCN2S(=O)(=O)c2cnn(C)c2)n1. The lowest BCUT2D eigenvalue weighted by Crippen LogP contribution is -2.41. The minimum atomic E-state index is -3.76. The highest BCUT2D eigenvalue weighted by atomic mass is 32.2. The fraction of sp³-hybridized carbons (Fsp3) is 0.619. The number of aromatic nitrogens is 4. The molecule has 2 aromatic rings. The van der Waals surface area contributed by atoms with Gasteiger partial charge in [0.25, 0.3) is 5.91 Å². The van der Waals surface area contributed by atoms with Crippen molar-refractivity contribution in [2.24, 2.45) is 7.05 Å². The lowest BCUT2D eigenvalue weighted by molar-refractivity contribution is 0.0923. The second-order valence-electron chi connectivity index (χ2n) is 8.50. The van der Waals surface area contributed by atoms with Crippen LogP contribution in [0.5, 0.6) is 0 Å². The van der Waals surface area contributed by atoms with Gasteiger partial charge >= 0.3 is 0 Å². The summed E-state index contributed by atoms with van der Waals surface area (Å²) >= 11 is 0. The van der Waals surface area contributed by atoms with Crippen molar-refractivity contribution in [3.05, 3.63) is 35.7 Å². The van der Waals surface area contributed by atoms with Gasteiger partial charge in [0.05, 0.1) is 23.5 Å². The van der Waals surface area contributed by atoms with Crippen LogP contribution >= 0.6 is 0 Å². The molecule has 2 aliphatic rings. The molecule has 0 spiro atoms. The first-order valence-electron chi connectivity index (χ1n) is 11.0. The van der Waals surface area contributed by atoms with Crippen LogP contribution in [0.4, 0.5) is 0 Å². The molecule has 1 saturated carbocycles. The normalized spacial score (nSPS) is 21.2. The molecule has 3 heterocycles. The molecule has 0 bridgehead atoms. The molecule has 1 aliphatic heterocycles. The average Bonchev–Trinajstić information content (AvgIpc) is 3.21. The first-order chi connectivity index (χ1) is 14.9. The van der Waals surface area contributed by atoms with E-state index in [0.29, 0.717) is 30.0 Å². The zero-order chi connectivity index (χ0) is 22.0. The molecule has 10 heteroatoms. The van der Waals surface area contributed by atoms with E-state index in [1.54, 1.807) is 20.2 Å². The Bertz CT molecular complexity index is 1050. The topological polar surface area (TPSA) is 110 Å². The predicted molar refractivity (Wildman–Crippen MR) is 115 cm³/mol. The predicted octanol–water partition coefficient (Wildman–Crippen LogP) is 2.50. The molecule has 168 valence electrons. The summed E-state index contributed by atoms with van der Waals surface area (Å²) in [7, 11) is -2.07. The molecule has 2 fully saturated rings. The van der Waals surface area contributed by atoms with Gasteiger partial charge in [-0.1, -0.05) is 25.7 Å². The molecule has 1 saturated heterocycles. The van der Waals surface area contributed by atoms with Gasteiger partial charge in [-0.2, -0.15) is 9.40 Å². The molecule has 9 nitrogen and oxygen atoms in total. The van der Waals surface area contributed by atoms with E-state index in [2.05, 4.69) is 20.4 Å². The number of nitrogens with one attached hydrogen (secondary N) is 1. The summed E-state index contributed by atoms with van der Waals surface area (Å²) in [4.78, 5) is 22.1. The van der Waals surface area contributed by atoms with Gasteiger partial charge in [-0.3, -0.25) is 9.48 Å². The molecule has 0 radical (unpaired) electrons. The number of sulfonamides is 1. The van der Waals surface area contributed by atoms with E-state index in [0.717, 1.165) is 38.5 Å². The van der Waals surface area contributed by atoms with Crippen LogP contribution in [0.25, 0.3) is 0 Å². The van der Waals surface area contributed by atoms with Gasteiger partial charge in [0.2, 0.25) is 10.0 Å². The van der Waals surface area contributed by atoms with Crippen molar-refractivity contribution in [3.8, 4) is 0 Å². The van der Waals surface area contributed by atoms with Crippen LogP contribution in [-0.4, -0.2) is 51.0 Å². The van der Waals surface area contributed by atoms with Crippen molar-refractivity contribution in [2.75, 3.05) is 6.54 Å². The number of carbonyl (C=O) groups is 1. The summed E-state index contributed by atoms with van der Waals surface area (Å²) in [6.45, 7) is 2.14. The highest BCUT2D eigenvalue weighted by molar-refractivity contribution is 7.89. The van der Waals surface area contributed by atoms with E-state index in [-0.39, 0.29) is 16.8 Å². The maximum Gasteiger partial charge on any atom is 0.254 e. The minimum Gasteiger partial charge on any atom is -0.349 e. The van der Waals surface area contributed by atoms with Gasteiger partial charge in [0.1, 0.15) is 10.7 Å². The molecule has 1 amide bonds. The maximum atomic E-state index is 13.4. The fourth-order valence-corrected chi connectivity index (χ4v) is 6.21. The largest absolute Gasteiger partial charge is 0.349 e. The van der Waals surface area contributed by atoms with Crippen molar-refractivity contribution in [3.63, 3.8) is 0 Å². The number of piperidine rings is 1. The summed E-state index contributed by atoms with van der Waals surface area (Å²) in [5, 5.41) is 7.14. The lowest BCUT2D eigenvalue weighted by atomic mass is 9.94. The number of amides is 1. The third-order valence-corrected chi connectivity index (χ3v) is 8.04. The Morgan fingerprint density at radius 2 is 1.84 bits per heavy atom. The van der Waals surface area contributed by atoms with Crippen molar-refractivity contribution in [1.29, 1.82) is 0 Å². The zero-order valence-electron chi connectivity index (χ0n) is 18.1. The van der Waals surface area contributed by atoms with Crippen LogP contribution in [0.1, 0.15) is 79.3 Å². The van der Waals surface area contributed by atoms with Gasteiger partial charge in [-0.05, 0) is 32.6 Å². The first-order valence-corrected chi connectivity index (χ1v) is 12.4. The molecule has 1 aliphatic carbocycles. The van der Waals surface area contributed by atoms with Crippen molar-refractivity contribution in [2.45, 2.75) is 75.3 Å². The molecule has 2 aromatic heterocycles. The highest BCUT2D eigenvalue weighted by Crippen LogP contribution is 2.36. The van der Waals surface area contributed by atoms with Crippen molar-refractivity contribution < 1.29 is 13.2 Å². The van der Waals surface area contributed by atoms with Gasteiger partial charge in [-0.25, -0.2) is 18.4 Å². The summed E-state index contributed by atoms with van der Waals surface area (Å²) in [5.41, 5.74) is 0.863. The smallest absolute Gasteiger partial charge is 0.254 e. The zero-order valence-corrected chi connectivity index (χ0v) is 18.9. The Morgan fingerprint density at radius 1 is 1.10 bits per heavy atom. The van der Waals surface area contributed by atoms with Crippen molar-refractivity contribution >= 4 is 15.9 Å². The Kier molecular flexibility index (Phi) is 6.38. The highest BCUT2D eigenvalue weighted by Gasteiger charge is 2.38. The molecule has 1 atom stereocenters. The first kappa shape index (κ1) is 21.9. The number of aryl methyl sites for hydroxylation is 2. The molecule has 31 heavy (non-hydrogen) atoms. The summed E-state index contributed by atoms with van der Waals surface area (Å²) in [6.07, 6.45) is 12.0. The van der Waals surface area contributed by atoms with Crippen LogP contribution in [0.15, 0.2) is 23.5 Å². The number of carbonyl (C=O) groups excluding carboxylic acids is 1. The molecule has 0 aromatic carbocycles. The van der Waals surface area contributed by atoms with E-state index in [1.807, 2.05) is 0 Å². The van der Waals surface area contributed by atoms with E-state index in [9.17, 15) is 13.2 Å². The number of rotatable bonds is 5. The Balaban J connectivity index is 1.67. The van der Waals surface area contributed by atoms with E-state index < -0.39 is 16.1 Å². The van der Waals surface area contributed by atoms with Gasteiger partial charge in [0.15, 0.2) is 0 Å². The van der Waals surface area contributed by atoms with Crippen molar-refractivity contribution in [1.82, 2.24) is 29.4 Å². The quantitative estimate of drug-likeness (QED) is 0.756. The molecule has 0 unspecified atom stereocenters. The molecule has 1 N–H and O–H groups in total. The second kappa shape index (κ2) is 9.04. The molecule has 4 rings (SSSR count). The Morgan fingerprint density at radius 3 is 2.55 bits per heavy atom. The third kappa shape index (κ3) is 4.64. The molecular weight excluding hydrogens is 416 g/mol. The van der Waals surface area contributed by atoms with E-state index in [4.69, 9.17) is 0 Å². The fourth-order valence-electron chi connectivity index (χ4n) is 4.56. The van der Waals surface area contributed by atoms with Crippen LogP contribution < -0.4 is 5.32 Å². The van der Waals surface area contributed by atoms with Crippen LogP contribution in [0.3, 0.4) is 0 Å².